The third-order valence-electron chi connectivity index (χ3n) is 3.26. The third-order valence-corrected chi connectivity index (χ3v) is 3.26. The van der Waals surface area contributed by atoms with E-state index in [1.54, 1.807) is 6.07 Å². The molecule has 82 valence electrons. The zero-order valence-corrected chi connectivity index (χ0v) is 8.96. The second kappa shape index (κ2) is 4.09. The first-order valence-electron chi connectivity index (χ1n) is 5.49. The molecule has 0 spiro atoms. The van der Waals surface area contributed by atoms with Gasteiger partial charge in [0.1, 0.15) is 5.82 Å². The van der Waals surface area contributed by atoms with E-state index < -0.39 is 0 Å². The monoisotopic (exact) mass is 208 g/mol. The Balaban J connectivity index is 2.13. The molecule has 0 amide bonds. The summed E-state index contributed by atoms with van der Waals surface area (Å²) in [6, 6.07) is 5.35. The van der Waals surface area contributed by atoms with E-state index in [0.29, 0.717) is 12.0 Å². The Morgan fingerprint density at radius 2 is 2.20 bits per heavy atom. The molecule has 1 aliphatic carbocycles. The summed E-state index contributed by atoms with van der Waals surface area (Å²) in [4.78, 5) is 0. The highest BCUT2D eigenvalue weighted by Crippen LogP contribution is 2.30. The number of hydrogen-bond acceptors (Lipinski definition) is 2. The molecular weight excluding hydrogens is 191 g/mol. The van der Waals surface area contributed by atoms with Crippen molar-refractivity contribution in [1.82, 2.24) is 0 Å². The smallest absolute Gasteiger partial charge is 0.148 e. The number of nitrogens with two attached hydrogens (primary N) is 1. The molecule has 0 bridgehead atoms. The molecule has 2 nitrogen and oxygen atoms in total. The van der Waals surface area contributed by atoms with Crippen LogP contribution < -0.4 is 11.1 Å². The van der Waals surface area contributed by atoms with Gasteiger partial charge >= 0.3 is 0 Å². The van der Waals surface area contributed by atoms with Gasteiger partial charge in [-0.05, 0) is 30.9 Å². The number of halogens is 1. The van der Waals surface area contributed by atoms with Gasteiger partial charge in [0.25, 0.3) is 0 Å². The molecule has 0 heterocycles. The highest BCUT2D eigenvalue weighted by molar-refractivity contribution is 5.66. The van der Waals surface area contributed by atoms with Crippen molar-refractivity contribution in [2.45, 2.75) is 32.2 Å². The standard InChI is InChI=1S/C12H17FN2/c1-8-4-2-6-10(8)15-11-7-3-5-9(13)12(11)14/h3,5,7-8,10,15H,2,4,6,14H2,1H3. The fourth-order valence-corrected chi connectivity index (χ4v) is 2.22. The van der Waals surface area contributed by atoms with Crippen LogP contribution in [0.1, 0.15) is 26.2 Å². The Hall–Kier alpha value is -1.25. The van der Waals surface area contributed by atoms with Crippen molar-refractivity contribution in [1.29, 1.82) is 0 Å². The van der Waals surface area contributed by atoms with E-state index in [4.69, 9.17) is 5.73 Å². The molecule has 1 fully saturated rings. The van der Waals surface area contributed by atoms with E-state index >= 15 is 0 Å². The molecule has 2 atom stereocenters. The minimum Gasteiger partial charge on any atom is -0.395 e. The number of rotatable bonds is 2. The second-order valence-electron chi connectivity index (χ2n) is 4.36. The lowest BCUT2D eigenvalue weighted by Crippen LogP contribution is -2.22. The van der Waals surface area contributed by atoms with Crippen LogP contribution >= 0.6 is 0 Å². The van der Waals surface area contributed by atoms with E-state index in [1.807, 2.05) is 6.07 Å². The van der Waals surface area contributed by atoms with E-state index in [0.717, 1.165) is 12.1 Å². The van der Waals surface area contributed by atoms with Gasteiger partial charge in [0, 0.05) is 6.04 Å². The van der Waals surface area contributed by atoms with Gasteiger partial charge in [-0.3, -0.25) is 0 Å². The van der Waals surface area contributed by atoms with Gasteiger partial charge in [-0.15, -0.1) is 0 Å². The molecule has 2 unspecified atom stereocenters. The summed E-state index contributed by atoms with van der Waals surface area (Å²) in [6.07, 6.45) is 3.64. The summed E-state index contributed by atoms with van der Waals surface area (Å²) in [5.74, 6) is 0.304. The Kier molecular flexibility index (Phi) is 2.80. The zero-order valence-electron chi connectivity index (χ0n) is 8.96. The first kappa shape index (κ1) is 10.3. The first-order chi connectivity index (χ1) is 7.18. The van der Waals surface area contributed by atoms with Crippen LogP contribution in [0.15, 0.2) is 18.2 Å². The summed E-state index contributed by atoms with van der Waals surface area (Å²) in [5.41, 5.74) is 6.63. The largest absolute Gasteiger partial charge is 0.395 e. The van der Waals surface area contributed by atoms with Crippen LogP contribution in [-0.4, -0.2) is 6.04 Å². The van der Waals surface area contributed by atoms with E-state index in [-0.39, 0.29) is 11.5 Å². The molecule has 2 rings (SSSR count). The van der Waals surface area contributed by atoms with Crippen LogP contribution in [0, 0.1) is 11.7 Å². The number of para-hydroxylation sites is 1. The average Bonchev–Trinajstić information content (AvgIpc) is 2.60. The molecule has 3 heteroatoms. The van der Waals surface area contributed by atoms with Crippen molar-refractivity contribution < 1.29 is 4.39 Å². The average molecular weight is 208 g/mol. The Bertz CT molecular complexity index is 351. The number of hydrogen-bond donors (Lipinski definition) is 2. The fourth-order valence-electron chi connectivity index (χ4n) is 2.22. The topological polar surface area (TPSA) is 38.0 Å². The second-order valence-corrected chi connectivity index (χ2v) is 4.36. The molecule has 1 aliphatic rings. The van der Waals surface area contributed by atoms with Crippen molar-refractivity contribution >= 4 is 11.4 Å². The molecule has 1 aromatic carbocycles. The molecule has 0 radical (unpaired) electrons. The van der Waals surface area contributed by atoms with Crippen molar-refractivity contribution in [3.8, 4) is 0 Å². The molecule has 1 saturated carbocycles. The van der Waals surface area contributed by atoms with Crippen molar-refractivity contribution in [3.63, 3.8) is 0 Å². The van der Waals surface area contributed by atoms with Gasteiger partial charge < -0.3 is 11.1 Å². The summed E-state index contributed by atoms with van der Waals surface area (Å²) < 4.78 is 13.2. The number of benzene rings is 1. The highest BCUT2D eigenvalue weighted by atomic mass is 19.1. The lowest BCUT2D eigenvalue weighted by Gasteiger charge is -2.19. The van der Waals surface area contributed by atoms with Crippen LogP contribution in [0.25, 0.3) is 0 Å². The number of anilines is 2. The molecule has 1 aromatic rings. The van der Waals surface area contributed by atoms with E-state index in [9.17, 15) is 4.39 Å². The van der Waals surface area contributed by atoms with Crippen molar-refractivity contribution in [2.75, 3.05) is 11.1 Å². The lowest BCUT2D eigenvalue weighted by atomic mass is 10.1. The minimum absolute atomic E-state index is 0.233. The molecule has 0 saturated heterocycles. The predicted molar refractivity (Wildman–Crippen MR) is 61.2 cm³/mol. The summed E-state index contributed by atoms with van der Waals surface area (Å²) in [7, 11) is 0. The fraction of sp³-hybridized carbons (Fsp3) is 0.500. The molecule has 0 aromatic heterocycles. The molecule has 3 N–H and O–H groups in total. The van der Waals surface area contributed by atoms with Crippen LogP contribution in [-0.2, 0) is 0 Å². The van der Waals surface area contributed by atoms with Gasteiger partial charge in [-0.25, -0.2) is 4.39 Å². The third kappa shape index (κ3) is 2.06. The predicted octanol–water partition coefficient (Wildman–Crippen LogP) is 3.01. The molecule has 0 aliphatic heterocycles. The summed E-state index contributed by atoms with van der Waals surface area (Å²) in [6.45, 7) is 2.22. The number of nitrogen functional groups attached to an aromatic ring is 1. The summed E-state index contributed by atoms with van der Waals surface area (Å²) >= 11 is 0. The molecular formula is C12H17FN2. The van der Waals surface area contributed by atoms with Crippen molar-refractivity contribution in [2.24, 2.45) is 5.92 Å². The van der Waals surface area contributed by atoms with Crippen LogP contribution in [0.5, 0.6) is 0 Å². The van der Waals surface area contributed by atoms with Crippen LogP contribution in [0.2, 0.25) is 0 Å². The zero-order chi connectivity index (χ0) is 10.8. The van der Waals surface area contributed by atoms with Crippen LogP contribution in [0.3, 0.4) is 0 Å². The quantitative estimate of drug-likeness (QED) is 0.733. The minimum atomic E-state index is -0.342. The van der Waals surface area contributed by atoms with Gasteiger partial charge in [0.15, 0.2) is 0 Å². The van der Waals surface area contributed by atoms with E-state index in [1.165, 1.54) is 18.9 Å². The Labute approximate surface area is 89.7 Å². The van der Waals surface area contributed by atoms with Crippen molar-refractivity contribution in [3.05, 3.63) is 24.0 Å². The van der Waals surface area contributed by atoms with Crippen LogP contribution in [0.4, 0.5) is 15.8 Å². The lowest BCUT2D eigenvalue weighted by molar-refractivity contribution is 0.556. The van der Waals surface area contributed by atoms with Gasteiger partial charge in [-0.1, -0.05) is 19.4 Å². The maximum absolute atomic E-state index is 13.2. The van der Waals surface area contributed by atoms with Gasteiger partial charge in [0.05, 0.1) is 11.4 Å². The summed E-state index contributed by atoms with van der Waals surface area (Å²) in [5, 5.41) is 3.33. The maximum Gasteiger partial charge on any atom is 0.148 e. The van der Waals surface area contributed by atoms with Gasteiger partial charge in [-0.2, -0.15) is 0 Å². The Morgan fingerprint density at radius 1 is 1.40 bits per heavy atom. The maximum atomic E-state index is 13.2. The normalized spacial score (nSPS) is 25.5. The number of nitrogens with one attached hydrogen (secondary N) is 1. The first-order valence-corrected chi connectivity index (χ1v) is 5.49. The Morgan fingerprint density at radius 3 is 2.87 bits per heavy atom. The SMILES string of the molecule is CC1CCCC1Nc1cccc(F)c1N. The molecule has 15 heavy (non-hydrogen) atoms. The highest BCUT2D eigenvalue weighted by Gasteiger charge is 2.23. The van der Waals surface area contributed by atoms with E-state index in [2.05, 4.69) is 12.2 Å². The van der Waals surface area contributed by atoms with Gasteiger partial charge in [0.2, 0.25) is 0 Å².